The van der Waals surface area contributed by atoms with Crippen LogP contribution in [-0.2, 0) is 9.59 Å². The van der Waals surface area contributed by atoms with E-state index in [9.17, 15) is 9.59 Å². The minimum atomic E-state index is -2.49. The van der Waals surface area contributed by atoms with Crippen LogP contribution in [0.5, 0.6) is 0 Å². The van der Waals surface area contributed by atoms with E-state index in [1.807, 2.05) is 0 Å². The van der Waals surface area contributed by atoms with Crippen molar-refractivity contribution < 1.29 is 24.9 Å². The van der Waals surface area contributed by atoms with Gasteiger partial charge in [-0.25, -0.2) is 4.79 Å². The van der Waals surface area contributed by atoms with Gasteiger partial charge in [0.05, 0.1) is 8.41 Å². The Labute approximate surface area is 71.6 Å². The van der Waals surface area contributed by atoms with Gasteiger partial charge in [-0.1, -0.05) is 0 Å². The molecule has 2 atom stereocenters. The topological polar surface area (TPSA) is 94.8 Å². The summed E-state index contributed by atoms with van der Waals surface area (Å²) in [6, 6.07) is 0. The summed E-state index contributed by atoms with van der Waals surface area (Å²) >= 11 is 0. The molecule has 0 amide bonds. The molecule has 0 bridgehead atoms. The Bertz CT molecular complexity index is 186. The Kier molecular flexibility index (Phi) is 4.82. The van der Waals surface area contributed by atoms with Gasteiger partial charge in [0.1, 0.15) is 6.10 Å². The van der Waals surface area contributed by atoms with Crippen LogP contribution in [0.3, 0.4) is 0 Å². The van der Waals surface area contributed by atoms with Crippen LogP contribution in [0.1, 0.15) is 13.8 Å². The smallest absolute Gasteiger partial charge is 0.343 e. The molecule has 0 aliphatic carbocycles. The summed E-state index contributed by atoms with van der Waals surface area (Å²) in [6.45, 7) is 1.92. The van der Waals surface area contributed by atoms with E-state index >= 15 is 0 Å². The van der Waals surface area contributed by atoms with Crippen molar-refractivity contribution in [2.75, 3.05) is 0 Å². The van der Waals surface area contributed by atoms with E-state index in [-0.39, 0.29) is 8.41 Å². The van der Waals surface area contributed by atoms with Crippen LogP contribution in [-0.4, -0.2) is 47.2 Å². The normalized spacial score (nSPS) is 17.0. The molecular weight excluding hydrogens is 163 g/mol. The number of Topliss-reactive ketones (excluding diaryl/α,β-unsaturated/α-hetero) is 1. The Morgan fingerprint density at radius 1 is 1.42 bits per heavy atom. The molecule has 0 radical (unpaired) electrons. The maximum atomic E-state index is 10.7. The highest BCUT2D eigenvalue weighted by Gasteiger charge is 2.40. The molecule has 0 spiro atoms. The van der Waals surface area contributed by atoms with Gasteiger partial charge >= 0.3 is 5.97 Å². The highest BCUT2D eigenvalue weighted by atomic mass is 16.4. The first-order valence-electron chi connectivity index (χ1n) is 2.98. The standard InChI is InChI=1S/C6H10O5.BH3/c1-3(7)4(8)6(2,11)5(9)10;/h3,7,11H,1-2H3,(H,9,10);1H3. The summed E-state index contributed by atoms with van der Waals surface area (Å²) in [4.78, 5) is 20.9. The zero-order chi connectivity index (χ0) is 9.23. The number of aliphatic carboxylic acids is 1. The predicted molar refractivity (Wildman–Crippen MR) is 44.9 cm³/mol. The predicted octanol–water partition coefficient (Wildman–Crippen LogP) is -2.41. The van der Waals surface area contributed by atoms with Crippen LogP contribution in [0.2, 0.25) is 0 Å². The third kappa shape index (κ3) is 2.63. The summed E-state index contributed by atoms with van der Waals surface area (Å²) in [6.07, 6.45) is -1.47. The average molecular weight is 176 g/mol. The lowest BCUT2D eigenvalue weighted by molar-refractivity contribution is -0.166. The van der Waals surface area contributed by atoms with Crippen LogP contribution in [0.4, 0.5) is 0 Å². The van der Waals surface area contributed by atoms with Crippen LogP contribution in [0.25, 0.3) is 0 Å². The average Bonchev–Trinajstić information content (AvgIpc) is 1.85. The molecule has 0 saturated heterocycles. The molecule has 3 N–H and O–H groups in total. The van der Waals surface area contributed by atoms with Crippen molar-refractivity contribution in [2.24, 2.45) is 0 Å². The van der Waals surface area contributed by atoms with Crippen LogP contribution in [0, 0.1) is 0 Å². The zero-order valence-electron chi connectivity index (χ0n) is 6.24. The van der Waals surface area contributed by atoms with Gasteiger partial charge in [0.2, 0.25) is 11.4 Å². The van der Waals surface area contributed by atoms with Crippen molar-refractivity contribution in [1.82, 2.24) is 0 Å². The molecule has 12 heavy (non-hydrogen) atoms. The fourth-order valence-corrected chi connectivity index (χ4v) is 0.512. The Balaban J connectivity index is 0. The molecule has 70 valence electrons. The summed E-state index contributed by atoms with van der Waals surface area (Å²) in [7, 11) is 0. The third-order valence-corrected chi connectivity index (χ3v) is 1.28. The summed E-state index contributed by atoms with van der Waals surface area (Å²) < 4.78 is 0. The molecule has 0 heterocycles. The van der Waals surface area contributed by atoms with Crippen molar-refractivity contribution in [3.05, 3.63) is 0 Å². The number of hydrogen-bond donors (Lipinski definition) is 3. The molecule has 0 aromatic heterocycles. The van der Waals surface area contributed by atoms with E-state index in [0.29, 0.717) is 0 Å². The number of carbonyl (C=O) groups excluding carboxylic acids is 1. The Hall–Kier alpha value is -0.875. The van der Waals surface area contributed by atoms with Crippen molar-refractivity contribution in [1.29, 1.82) is 0 Å². The lowest BCUT2D eigenvalue weighted by Gasteiger charge is -2.17. The number of ketones is 1. The van der Waals surface area contributed by atoms with Gasteiger partial charge in [0.15, 0.2) is 0 Å². The van der Waals surface area contributed by atoms with Gasteiger partial charge in [-0.3, -0.25) is 4.79 Å². The fourth-order valence-electron chi connectivity index (χ4n) is 0.512. The van der Waals surface area contributed by atoms with Gasteiger partial charge in [0.25, 0.3) is 0 Å². The number of hydrogen-bond acceptors (Lipinski definition) is 4. The van der Waals surface area contributed by atoms with Crippen LogP contribution >= 0.6 is 0 Å². The van der Waals surface area contributed by atoms with E-state index in [1.54, 1.807) is 0 Å². The fraction of sp³-hybridized carbons (Fsp3) is 0.667. The molecule has 0 rings (SSSR count). The van der Waals surface area contributed by atoms with E-state index in [1.165, 1.54) is 0 Å². The minimum absolute atomic E-state index is 0. The second kappa shape index (κ2) is 4.23. The molecule has 0 aromatic carbocycles. The van der Waals surface area contributed by atoms with Crippen molar-refractivity contribution in [3.63, 3.8) is 0 Å². The van der Waals surface area contributed by atoms with Crippen molar-refractivity contribution in [3.8, 4) is 0 Å². The lowest BCUT2D eigenvalue weighted by Crippen LogP contribution is -2.48. The largest absolute Gasteiger partial charge is 0.479 e. The second-order valence-corrected chi connectivity index (χ2v) is 2.42. The summed E-state index contributed by atoms with van der Waals surface area (Å²) in [5.41, 5.74) is -2.49. The van der Waals surface area contributed by atoms with Gasteiger partial charge < -0.3 is 15.3 Å². The summed E-state index contributed by atoms with van der Waals surface area (Å²) in [5.74, 6) is -2.78. The lowest BCUT2D eigenvalue weighted by atomic mass is 9.98. The van der Waals surface area contributed by atoms with Gasteiger partial charge in [-0.05, 0) is 13.8 Å². The monoisotopic (exact) mass is 176 g/mol. The van der Waals surface area contributed by atoms with Crippen LogP contribution < -0.4 is 0 Å². The molecule has 0 aliphatic heterocycles. The zero-order valence-corrected chi connectivity index (χ0v) is 6.24. The van der Waals surface area contributed by atoms with Gasteiger partial charge in [0, 0.05) is 0 Å². The summed E-state index contributed by atoms with van der Waals surface area (Å²) in [5, 5.41) is 25.8. The number of rotatable bonds is 3. The molecule has 6 heteroatoms. The highest BCUT2D eigenvalue weighted by Crippen LogP contribution is 2.07. The number of carboxylic acids is 1. The SMILES string of the molecule is B.CC(O)C(=O)C(C)(O)C(=O)O. The second-order valence-electron chi connectivity index (χ2n) is 2.42. The molecule has 0 saturated carbocycles. The van der Waals surface area contributed by atoms with E-state index < -0.39 is 23.5 Å². The number of carboxylic acid groups (broad SMARTS) is 1. The van der Waals surface area contributed by atoms with Crippen LogP contribution in [0.15, 0.2) is 0 Å². The van der Waals surface area contributed by atoms with Gasteiger partial charge in [-0.2, -0.15) is 0 Å². The molecule has 0 fully saturated rings. The van der Waals surface area contributed by atoms with Crippen molar-refractivity contribution >= 4 is 20.2 Å². The third-order valence-electron chi connectivity index (χ3n) is 1.28. The van der Waals surface area contributed by atoms with Gasteiger partial charge in [-0.15, -0.1) is 0 Å². The quantitative estimate of drug-likeness (QED) is 0.328. The minimum Gasteiger partial charge on any atom is -0.479 e. The molecule has 2 unspecified atom stereocenters. The molecule has 0 aliphatic rings. The first-order valence-corrected chi connectivity index (χ1v) is 2.98. The number of aliphatic hydroxyl groups excluding tert-OH is 1. The molecule has 5 nitrogen and oxygen atoms in total. The highest BCUT2D eigenvalue weighted by molar-refractivity contribution is 6.07. The maximum Gasteiger partial charge on any atom is 0.343 e. The first kappa shape index (κ1) is 13.7. The first-order chi connectivity index (χ1) is 4.80. The maximum absolute atomic E-state index is 10.7. The Morgan fingerprint density at radius 3 is 1.83 bits per heavy atom. The van der Waals surface area contributed by atoms with Crippen molar-refractivity contribution in [2.45, 2.75) is 25.6 Å². The number of aliphatic hydroxyl groups is 2. The van der Waals surface area contributed by atoms with E-state index in [4.69, 9.17) is 15.3 Å². The van der Waals surface area contributed by atoms with E-state index in [0.717, 1.165) is 13.8 Å². The Morgan fingerprint density at radius 2 is 1.75 bits per heavy atom. The molecular formula is C6H13BO5. The number of carbonyl (C=O) groups is 2. The molecule has 0 aromatic rings. The van der Waals surface area contributed by atoms with E-state index in [2.05, 4.69) is 0 Å².